The summed E-state index contributed by atoms with van der Waals surface area (Å²) < 4.78 is 1.67. The van der Waals surface area contributed by atoms with E-state index in [4.69, 9.17) is 0 Å². The zero-order valence-electron chi connectivity index (χ0n) is 16.0. The largest absolute Gasteiger partial charge is 0.390 e. The molecule has 150 valence electrons. The van der Waals surface area contributed by atoms with Crippen LogP contribution in [0.3, 0.4) is 0 Å². The number of thioether (sulfide) groups is 1. The minimum atomic E-state index is -0.209. The second-order valence-electron chi connectivity index (χ2n) is 7.03. The molecule has 0 radical (unpaired) electrons. The molecule has 0 saturated heterocycles. The molecular formula is C20H26N4O3S. The normalized spacial score (nSPS) is 14.2. The lowest BCUT2D eigenvalue weighted by molar-refractivity contribution is -0.122. The molecule has 0 bridgehead atoms. The Bertz CT molecular complexity index is 813. The van der Waals surface area contributed by atoms with E-state index in [0.29, 0.717) is 10.9 Å². The summed E-state index contributed by atoms with van der Waals surface area (Å²) in [6, 6.07) is 7.83. The molecule has 0 unspecified atom stereocenters. The molecule has 1 aliphatic carbocycles. The molecule has 0 atom stereocenters. The second-order valence-corrected chi connectivity index (χ2v) is 7.97. The number of anilines is 1. The summed E-state index contributed by atoms with van der Waals surface area (Å²) in [5.41, 5.74) is 2.43. The van der Waals surface area contributed by atoms with Crippen LogP contribution in [0, 0.1) is 6.92 Å². The van der Waals surface area contributed by atoms with Crippen LogP contribution in [-0.4, -0.2) is 38.3 Å². The van der Waals surface area contributed by atoms with Gasteiger partial charge in [0.05, 0.1) is 24.3 Å². The highest BCUT2D eigenvalue weighted by Gasteiger charge is 2.19. The first-order valence-corrected chi connectivity index (χ1v) is 10.5. The Kier molecular flexibility index (Phi) is 7.11. The smallest absolute Gasteiger partial charge is 0.240 e. The summed E-state index contributed by atoms with van der Waals surface area (Å²) in [5, 5.41) is 16.0. The Morgan fingerprint density at radius 2 is 1.93 bits per heavy atom. The number of aliphatic hydroxyl groups is 1. The number of nitrogens with zero attached hydrogens (tertiary/aromatic N) is 2. The van der Waals surface area contributed by atoms with Crippen molar-refractivity contribution in [2.45, 2.75) is 57.0 Å². The van der Waals surface area contributed by atoms with Crippen molar-refractivity contribution < 1.29 is 14.7 Å². The van der Waals surface area contributed by atoms with Gasteiger partial charge in [0.2, 0.25) is 11.8 Å². The quantitative estimate of drug-likeness (QED) is 0.590. The molecule has 3 N–H and O–H groups in total. The van der Waals surface area contributed by atoms with E-state index < -0.39 is 0 Å². The van der Waals surface area contributed by atoms with E-state index in [2.05, 4.69) is 15.6 Å². The number of aryl methyl sites for hydroxylation is 1. The number of amides is 2. The van der Waals surface area contributed by atoms with E-state index in [1.165, 1.54) is 11.8 Å². The van der Waals surface area contributed by atoms with Gasteiger partial charge >= 0.3 is 0 Å². The van der Waals surface area contributed by atoms with Gasteiger partial charge in [0.25, 0.3) is 0 Å². The third-order valence-corrected chi connectivity index (χ3v) is 5.74. The molecule has 0 aliphatic heterocycles. The molecular weight excluding hydrogens is 376 g/mol. The topological polar surface area (TPSA) is 96.2 Å². The van der Waals surface area contributed by atoms with E-state index in [9.17, 15) is 14.7 Å². The number of rotatable bonds is 8. The fourth-order valence-corrected chi connectivity index (χ4v) is 4.05. The Hall–Kier alpha value is -2.32. The van der Waals surface area contributed by atoms with Crippen LogP contribution >= 0.6 is 11.8 Å². The fourth-order valence-electron chi connectivity index (χ4n) is 3.25. The number of carbonyl (C=O) groups excluding carboxylic acids is 2. The number of aliphatic hydroxyl groups excluding tert-OH is 1. The first kappa shape index (κ1) is 20.4. The number of carbonyl (C=O) groups is 2. The van der Waals surface area contributed by atoms with Crippen LogP contribution in [0.1, 0.15) is 36.9 Å². The molecule has 28 heavy (non-hydrogen) atoms. The van der Waals surface area contributed by atoms with Gasteiger partial charge in [-0.05, 0) is 31.9 Å². The molecule has 1 aromatic heterocycles. The molecule has 8 heteroatoms. The van der Waals surface area contributed by atoms with Crippen molar-refractivity contribution in [3.63, 3.8) is 0 Å². The van der Waals surface area contributed by atoms with Gasteiger partial charge in [0.15, 0.2) is 5.16 Å². The van der Waals surface area contributed by atoms with Crippen molar-refractivity contribution in [3.05, 3.63) is 41.7 Å². The Morgan fingerprint density at radius 3 is 2.61 bits per heavy atom. The fraction of sp³-hybridized carbons (Fsp3) is 0.450. The molecule has 1 fully saturated rings. The van der Waals surface area contributed by atoms with Crippen molar-refractivity contribution in [2.24, 2.45) is 0 Å². The first-order valence-electron chi connectivity index (χ1n) is 9.49. The summed E-state index contributed by atoms with van der Waals surface area (Å²) in [4.78, 5) is 28.8. The zero-order valence-corrected chi connectivity index (χ0v) is 16.8. The standard InChI is InChI=1S/C20H26N4O3S/c1-14-6-8-16(9-7-14)23-19(27)13-28-20-21-10-17(12-25)24(20)11-18(26)22-15-4-2-3-5-15/h6-10,15,25H,2-5,11-13H2,1H3,(H,22,26)(H,23,27). The predicted molar refractivity (Wildman–Crippen MR) is 109 cm³/mol. The SMILES string of the molecule is Cc1ccc(NC(=O)CSc2ncc(CO)n2CC(=O)NC2CCCC2)cc1. The molecule has 0 spiro atoms. The van der Waals surface area contributed by atoms with Gasteiger partial charge in [-0.1, -0.05) is 42.3 Å². The molecule has 1 heterocycles. The Balaban J connectivity index is 1.57. The van der Waals surface area contributed by atoms with Crippen molar-refractivity contribution in [3.8, 4) is 0 Å². The van der Waals surface area contributed by atoms with Crippen LogP contribution < -0.4 is 10.6 Å². The van der Waals surface area contributed by atoms with Crippen LogP contribution in [0.2, 0.25) is 0 Å². The lowest BCUT2D eigenvalue weighted by atomic mass is 10.2. The molecule has 3 rings (SSSR count). The van der Waals surface area contributed by atoms with E-state index in [-0.39, 0.29) is 36.8 Å². The van der Waals surface area contributed by atoms with Crippen LogP contribution in [0.4, 0.5) is 5.69 Å². The van der Waals surface area contributed by atoms with Crippen molar-refractivity contribution in [2.75, 3.05) is 11.1 Å². The lowest BCUT2D eigenvalue weighted by Crippen LogP contribution is -2.35. The van der Waals surface area contributed by atoms with E-state index in [0.717, 1.165) is 36.9 Å². The average Bonchev–Trinajstić information content (AvgIpc) is 3.31. The number of benzene rings is 1. The predicted octanol–water partition coefficient (Wildman–Crippen LogP) is 2.47. The molecule has 1 aromatic carbocycles. The van der Waals surface area contributed by atoms with Crippen molar-refractivity contribution >= 4 is 29.3 Å². The van der Waals surface area contributed by atoms with Gasteiger partial charge in [-0.25, -0.2) is 4.98 Å². The molecule has 2 aromatic rings. The first-order chi connectivity index (χ1) is 13.5. The highest BCUT2D eigenvalue weighted by molar-refractivity contribution is 7.99. The van der Waals surface area contributed by atoms with Crippen LogP contribution in [0.5, 0.6) is 0 Å². The van der Waals surface area contributed by atoms with E-state index in [1.807, 2.05) is 31.2 Å². The van der Waals surface area contributed by atoms with E-state index in [1.54, 1.807) is 10.8 Å². The highest BCUT2D eigenvalue weighted by Crippen LogP contribution is 2.21. The third-order valence-electron chi connectivity index (χ3n) is 4.75. The van der Waals surface area contributed by atoms with Gasteiger partial charge in [0, 0.05) is 11.7 Å². The molecule has 1 aliphatic rings. The number of imidazole rings is 1. The van der Waals surface area contributed by atoms with Crippen molar-refractivity contribution in [1.29, 1.82) is 0 Å². The summed E-state index contributed by atoms with van der Waals surface area (Å²) >= 11 is 1.25. The monoisotopic (exact) mass is 402 g/mol. The maximum Gasteiger partial charge on any atom is 0.240 e. The third kappa shape index (κ3) is 5.59. The Labute approximate surface area is 168 Å². The van der Waals surface area contributed by atoms with Crippen molar-refractivity contribution in [1.82, 2.24) is 14.9 Å². The van der Waals surface area contributed by atoms with Gasteiger partial charge in [0.1, 0.15) is 6.54 Å². The number of nitrogens with one attached hydrogen (secondary N) is 2. The van der Waals surface area contributed by atoms with Crippen LogP contribution in [0.25, 0.3) is 0 Å². The van der Waals surface area contributed by atoms with Crippen LogP contribution in [-0.2, 0) is 22.7 Å². The summed E-state index contributed by atoms with van der Waals surface area (Å²) in [7, 11) is 0. The maximum atomic E-state index is 12.4. The summed E-state index contributed by atoms with van der Waals surface area (Å²) in [5.74, 6) is -0.0741. The lowest BCUT2D eigenvalue weighted by Gasteiger charge is -2.14. The van der Waals surface area contributed by atoms with Gasteiger partial charge in [-0.15, -0.1) is 0 Å². The van der Waals surface area contributed by atoms with E-state index >= 15 is 0 Å². The minimum Gasteiger partial charge on any atom is -0.390 e. The highest BCUT2D eigenvalue weighted by atomic mass is 32.2. The molecule has 1 saturated carbocycles. The number of aromatic nitrogens is 2. The average molecular weight is 403 g/mol. The minimum absolute atomic E-state index is 0.0916. The molecule has 2 amide bonds. The van der Waals surface area contributed by atoms with Gasteiger partial charge in [-0.3, -0.25) is 9.59 Å². The van der Waals surface area contributed by atoms with Crippen LogP contribution in [0.15, 0.2) is 35.6 Å². The van der Waals surface area contributed by atoms with Gasteiger partial charge < -0.3 is 20.3 Å². The second kappa shape index (κ2) is 9.75. The number of hydrogen-bond donors (Lipinski definition) is 3. The van der Waals surface area contributed by atoms with Gasteiger partial charge in [-0.2, -0.15) is 0 Å². The summed E-state index contributed by atoms with van der Waals surface area (Å²) in [6.07, 6.45) is 5.87. The number of hydrogen-bond acceptors (Lipinski definition) is 5. The Morgan fingerprint density at radius 1 is 1.21 bits per heavy atom. The summed E-state index contributed by atoms with van der Waals surface area (Å²) in [6.45, 7) is 1.87. The zero-order chi connectivity index (χ0) is 19.9. The maximum absolute atomic E-state index is 12.4. The molecule has 7 nitrogen and oxygen atoms in total.